The van der Waals surface area contributed by atoms with Crippen LogP contribution in [0.15, 0.2) is 47.5 Å². The summed E-state index contributed by atoms with van der Waals surface area (Å²) in [5, 5.41) is 5.79. The average molecular weight is 310 g/mol. The van der Waals surface area contributed by atoms with Crippen LogP contribution in [-0.4, -0.2) is 15.0 Å². The van der Waals surface area contributed by atoms with Crippen molar-refractivity contribution in [3.8, 4) is 21.8 Å². The summed E-state index contributed by atoms with van der Waals surface area (Å²) >= 11 is 3.13. The molecule has 0 bridgehead atoms. The zero-order valence-electron chi connectivity index (χ0n) is 10.9. The van der Waals surface area contributed by atoms with Gasteiger partial charge in [0.25, 0.3) is 0 Å². The molecule has 0 saturated carbocycles. The molecule has 0 aliphatic heterocycles. The lowest BCUT2D eigenvalue weighted by molar-refractivity contribution is 1.32. The van der Waals surface area contributed by atoms with Gasteiger partial charge in [0, 0.05) is 40.3 Å². The molecule has 0 unspecified atom stereocenters. The van der Waals surface area contributed by atoms with E-state index in [0.717, 1.165) is 37.7 Å². The predicted molar refractivity (Wildman–Crippen MR) is 88.4 cm³/mol. The van der Waals surface area contributed by atoms with E-state index in [1.54, 1.807) is 35.1 Å². The third-order valence-corrected chi connectivity index (χ3v) is 4.88. The fraction of sp³-hybridized carbons (Fsp3) is 0. The van der Waals surface area contributed by atoms with E-state index in [2.05, 4.69) is 9.97 Å². The number of thiophene rings is 1. The van der Waals surface area contributed by atoms with E-state index in [4.69, 9.17) is 10.7 Å². The first-order valence-corrected chi connectivity index (χ1v) is 8.07. The molecular weight excluding hydrogens is 300 g/mol. The van der Waals surface area contributed by atoms with E-state index in [1.807, 2.05) is 35.2 Å². The van der Waals surface area contributed by atoms with Crippen LogP contribution in [0.2, 0.25) is 0 Å². The van der Waals surface area contributed by atoms with Gasteiger partial charge in [-0.3, -0.25) is 4.98 Å². The lowest BCUT2D eigenvalue weighted by Gasteiger charge is -2.06. The van der Waals surface area contributed by atoms with Crippen molar-refractivity contribution in [1.29, 1.82) is 0 Å². The highest BCUT2D eigenvalue weighted by Gasteiger charge is 2.14. The van der Waals surface area contributed by atoms with Crippen molar-refractivity contribution in [3.63, 3.8) is 0 Å². The van der Waals surface area contributed by atoms with Crippen molar-refractivity contribution in [2.24, 2.45) is 0 Å². The van der Waals surface area contributed by atoms with Gasteiger partial charge in [0.15, 0.2) is 0 Å². The fourth-order valence-corrected chi connectivity index (χ4v) is 3.72. The molecule has 0 radical (unpaired) electrons. The lowest BCUT2D eigenvalue weighted by Crippen LogP contribution is -1.90. The van der Waals surface area contributed by atoms with E-state index in [-0.39, 0.29) is 0 Å². The van der Waals surface area contributed by atoms with Crippen LogP contribution in [-0.2, 0) is 0 Å². The quantitative estimate of drug-likeness (QED) is 0.606. The number of hydrogen-bond donors (Lipinski definition) is 1. The maximum atomic E-state index is 6.12. The molecule has 4 heterocycles. The molecule has 21 heavy (non-hydrogen) atoms. The largest absolute Gasteiger partial charge is 0.397 e. The third-order valence-electron chi connectivity index (χ3n) is 3.20. The van der Waals surface area contributed by atoms with Crippen LogP contribution >= 0.6 is 22.7 Å². The number of rotatable bonds is 2. The highest BCUT2D eigenvalue weighted by Crippen LogP contribution is 2.38. The van der Waals surface area contributed by atoms with E-state index in [0.29, 0.717) is 0 Å². The molecule has 4 aromatic heterocycles. The van der Waals surface area contributed by atoms with Gasteiger partial charge in [-0.05, 0) is 17.7 Å². The molecule has 2 N–H and O–H groups in total. The van der Waals surface area contributed by atoms with Crippen LogP contribution in [0.1, 0.15) is 0 Å². The van der Waals surface area contributed by atoms with Gasteiger partial charge in [0.2, 0.25) is 0 Å². The predicted octanol–water partition coefficient (Wildman–Crippen LogP) is 4.06. The van der Waals surface area contributed by atoms with Crippen molar-refractivity contribution in [3.05, 3.63) is 47.5 Å². The van der Waals surface area contributed by atoms with Crippen LogP contribution in [0.25, 0.3) is 32.0 Å². The SMILES string of the molecule is Nc1csc2nc(-c3nccs3)cc(-c3cccnc3)c12. The Morgan fingerprint density at radius 3 is 2.86 bits per heavy atom. The Morgan fingerprint density at radius 1 is 1.14 bits per heavy atom. The van der Waals surface area contributed by atoms with Crippen molar-refractivity contribution < 1.29 is 0 Å². The second-order valence-electron chi connectivity index (χ2n) is 4.51. The standard InChI is InChI=1S/C15H10N4S2/c16-11-8-21-15-13(11)10(9-2-1-3-17-7-9)6-12(19-15)14-18-4-5-20-14/h1-8H,16H2. The van der Waals surface area contributed by atoms with E-state index in [9.17, 15) is 0 Å². The van der Waals surface area contributed by atoms with Crippen LogP contribution in [0.3, 0.4) is 0 Å². The molecule has 0 saturated heterocycles. The Kier molecular flexibility index (Phi) is 2.90. The molecule has 0 atom stereocenters. The van der Waals surface area contributed by atoms with Crippen molar-refractivity contribution in [2.75, 3.05) is 5.73 Å². The Balaban J connectivity index is 2.05. The Hall–Kier alpha value is -2.31. The second kappa shape index (κ2) is 4.91. The topological polar surface area (TPSA) is 64.7 Å². The number of pyridine rings is 2. The Labute approximate surface area is 129 Å². The van der Waals surface area contributed by atoms with Crippen molar-refractivity contribution >= 4 is 38.6 Å². The highest BCUT2D eigenvalue weighted by molar-refractivity contribution is 7.17. The minimum absolute atomic E-state index is 0.757. The van der Waals surface area contributed by atoms with Gasteiger partial charge in [-0.2, -0.15) is 0 Å². The fourth-order valence-electron chi connectivity index (χ4n) is 2.27. The smallest absolute Gasteiger partial charge is 0.141 e. The van der Waals surface area contributed by atoms with E-state index < -0.39 is 0 Å². The number of anilines is 1. The molecule has 0 amide bonds. The van der Waals surface area contributed by atoms with Crippen molar-refractivity contribution in [2.45, 2.75) is 0 Å². The molecular formula is C15H10N4S2. The molecule has 6 heteroatoms. The third kappa shape index (κ3) is 2.09. The van der Waals surface area contributed by atoms with Crippen molar-refractivity contribution in [1.82, 2.24) is 15.0 Å². The lowest BCUT2D eigenvalue weighted by atomic mass is 10.0. The molecule has 0 spiro atoms. The zero-order chi connectivity index (χ0) is 14.2. The van der Waals surface area contributed by atoms with Gasteiger partial charge in [0.05, 0.1) is 5.69 Å². The summed E-state index contributed by atoms with van der Waals surface area (Å²) in [5.74, 6) is 0. The average Bonchev–Trinajstić information content (AvgIpc) is 3.18. The monoisotopic (exact) mass is 310 g/mol. The van der Waals surface area contributed by atoms with Gasteiger partial charge < -0.3 is 5.73 Å². The molecule has 4 aromatic rings. The summed E-state index contributed by atoms with van der Waals surface area (Å²) in [7, 11) is 0. The summed E-state index contributed by atoms with van der Waals surface area (Å²) in [5.41, 5.74) is 9.84. The van der Waals surface area contributed by atoms with Crippen LogP contribution in [0.4, 0.5) is 5.69 Å². The Bertz CT molecular complexity index is 898. The van der Waals surface area contributed by atoms with Gasteiger partial charge in [0.1, 0.15) is 15.5 Å². The van der Waals surface area contributed by atoms with E-state index >= 15 is 0 Å². The zero-order valence-corrected chi connectivity index (χ0v) is 12.5. The maximum absolute atomic E-state index is 6.12. The Morgan fingerprint density at radius 2 is 2.10 bits per heavy atom. The highest BCUT2D eigenvalue weighted by atomic mass is 32.1. The van der Waals surface area contributed by atoms with Crippen LogP contribution < -0.4 is 5.73 Å². The molecule has 0 aliphatic carbocycles. The number of fused-ring (bicyclic) bond motifs is 1. The molecule has 102 valence electrons. The first kappa shape index (κ1) is 12.4. The number of thiazole rings is 1. The number of nitrogens with zero attached hydrogens (tertiary/aromatic N) is 3. The molecule has 0 aliphatic rings. The molecule has 4 nitrogen and oxygen atoms in total. The second-order valence-corrected chi connectivity index (χ2v) is 6.26. The number of aromatic nitrogens is 3. The first-order chi connectivity index (χ1) is 10.3. The first-order valence-electron chi connectivity index (χ1n) is 6.31. The normalized spacial score (nSPS) is 11.0. The summed E-state index contributed by atoms with van der Waals surface area (Å²) in [4.78, 5) is 14.2. The summed E-state index contributed by atoms with van der Waals surface area (Å²) in [6, 6.07) is 6.00. The van der Waals surface area contributed by atoms with Gasteiger partial charge >= 0.3 is 0 Å². The van der Waals surface area contributed by atoms with E-state index in [1.165, 1.54) is 0 Å². The summed E-state index contributed by atoms with van der Waals surface area (Å²) in [6.07, 6.45) is 5.40. The number of nitrogens with two attached hydrogens (primary N) is 1. The maximum Gasteiger partial charge on any atom is 0.141 e. The van der Waals surface area contributed by atoms with Gasteiger partial charge in [-0.25, -0.2) is 9.97 Å². The molecule has 4 rings (SSSR count). The number of hydrogen-bond acceptors (Lipinski definition) is 6. The minimum Gasteiger partial charge on any atom is -0.397 e. The van der Waals surface area contributed by atoms with Gasteiger partial charge in [-0.1, -0.05) is 6.07 Å². The van der Waals surface area contributed by atoms with Gasteiger partial charge in [-0.15, -0.1) is 22.7 Å². The minimum atomic E-state index is 0.757. The number of nitrogen functional groups attached to an aromatic ring is 1. The van der Waals surface area contributed by atoms with Crippen LogP contribution in [0.5, 0.6) is 0 Å². The summed E-state index contributed by atoms with van der Waals surface area (Å²) in [6.45, 7) is 0. The molecule has 0 fully saturated rings. The summed E-state index contributed by atoms with van der Waals surface area (Å²) < 4.78 is 0. The molecule has 0 aromatic carbocycles. The van der Waals surface area contributed by atoms with Crippen LogP contribution in [0, 0.1) is 0 Å².